The first kappa shape index (κ1) is 13.1. The lowest BCUT2D eigenvalue weighted by molar-refractivity contribution is -0.137. The number of anilines is 1. The Morgan fingerprint density at radius 2 is 1.95 bits per heavy atom. The van der Waals surface area contributed by atoms with Gasteiger partial charge in [0.05, 0.1) is 6.54 Å². The highest BCUT2D eigenvalue weighted by Gasteiger charge is 2.24. The SMILES string of the molecule is O=C(O)CCc1ccc(N2CC(=O)NCC2=O)cc1. The van der Waals surface area contributed by atoms with Crippen molar-refractivity contribution < 1.29 is 19.5 Å². The van der Waals surface area contributed by atoms with Crippen LogP contribution in [0.3, 0.4) is 0 Å². The van der Waals surface area contributed by atoms with E-state index in [1.807, 2.05) is 0 Å². The number of piperazine rings is 1. The van der Waals surface area contributed by atoms with Crippen LogP contribution in [0.5, 0.6) is 0 Å². The van der Waals surface area contributed by atoms with E-state index in [0.717, 1.165) is 5.56 Å². The fraction of sp³-hybridized carbons (Fsp3) is 0.308. The minimum absolute atomic E-state index is 0.0135. The third-order valence-electron chi connectivity index (χ3n) is 2.92. The number of nitrogens with one attached hydrogen (secondary N) is 1. The van der Waals surface area contributed by atoms with E-state index in [1.54, 1.807) is 24.3 Å². The zero-order valence-corrected chi connectivity index (χ0v) is 10.3. The number of nitrogens with zero attached hydrogens (tertiary/aromatic N) is 1. The summed E-state index contributed by atoms with van der Waals surface area (Å²) in [5, 5.41) is 11.1. The maximum absolute atomic E-state index is 11.7. The van der Waals surface area contributed by atoms with E-state index in [1.165, 1.54) is 4.90 Å². The summed E-state index contributed by atoms with van der Waals surface area (Å²) >= 11 is 0. The monoisotopic (exact) mass is 262 g/mol. The van der Waals surface area contributed by atoms with Crippen LogP contribution < -0.4 is 10.2 Å². The van der Waals surface area contributed by atoms with E-state index in [2.05, 4.69) is 5.32 Å². The van der Waals surface area contributed by atoms with Crippen LogP contribution in [0, 0.1) is 0 Å². The molecule has 2 amide bonds. The third kappa shape index (κ3) is 3.31. The summed E-state index contributed by atoms with van der Waals surface area (Å²) in [5.41, 5.74) is 1.54. The van der Waals surface area contributed by atoms with Gasteiger partial charge in [0, 0.05) is 12.1 Å². The van der Waals surface area contributed by atoms with Gasteiger partial charge >= 0.3 is 5.97 Å². The molecule has 1 heterocycles. The molecular weight excluding hydrogens is 248 g/mol. The normalized spacial score (nSPS) is 15.3. The number of carboxylic acids is 1. The van der Waals surface area contributed by atoms with Crippen molar-refractivity contribution in [2.75, 3.05) is 18.0 Å². The van der Waals surface area contributed by atoms with Gasteiger partial charge in [0.25, 0.3) is 0 Å². The molecule has 1 aromatic rings. The molecule has 1 saturated heterocycles. The Labute approximate surface area is 110 Å². The van der Waals surface area contributed by atoms with E-state index >= 15 is 0 Å². The van der Waals surface area contributed by atoms with E-state index in [9.17, 15) is 14.4 Å². The highest BCUT2D eigenvalue weighted by Crippen LogP contribution is 2.17. The summed E-state index contributed by atoms with van der Waals surface area (Å²) in [6, 6.07) is 7.01. The smallest absolute Gasteiger partial charge is 0.303 e. The fourth-order valence-electron chi connectivity index (χ4n) is 1.89. The van der Waals surface area contributed by atoms with Crippen molar-refractivity contribution >= 4 is 23.5 Å². The largest absolute Gasteiger partial charge is 0.481 e. The number of aliphatic carboxylic acids is 1. The van der Waals surface area contributed by atoms with Crippen LogP contribution in [0.1, 0.15) is 12.0 Å². The molecule has 0 bridgehead atoms. The van der Waals surface area contributed by atoms with Crippen LogP contribution in [-0.4, -0.2) is 36.0 Å². The Hall–Kier alpha value is -2.37. The quantitative estimate of drug-likeness (QED) is 0.809. The van der Waals surface area contributed by atoms with Crippen LogP contribution in [0.2, 0.25) is 0 Å². The standard InChI is InChI=1S/C13H14N2O4/c16-11-8-15(12(17)7-14-11)10-4-1-9(2-5-10)3-6-13(18)19/h1-2,4-5H,3,6-8H2,(H,14,16)(H,18,19). The summed E-state index contributed by atoms with van der Waals surface area (Å²) < 4.78 is 0. The Bertz CT molecular complexity index is 510. The molecule has 0 radical (unpaired) electrons. The van der Waals surface area contributed by atoms with Gasteiger partial charge in [0.1, 0.15) is 6.54 Å². The van der Waals surface area contributed by atoms with Gasteiger partial charge in [-0.2, -0.15) is 0 Å². The molecular formula is C13H14N2O4. The van der Waals surface area contributed by atoms with Gasteiger partial charge in [-0.1, -0.05) is 12.1 Å². The van der Waals surface area contributed by atoms with Gasteiger partial charge in [0.15, 0.2) is 0 Å². The van der Waals surface area contributed by atoms with E-state index in [-0.39, 0.29) is 31.3 Å². The van der Waals surface area contributed by atoms with Crippen molar-refractivity contribution in [3.8, 4) is 0 Å². The highest BCUT2D eigenvalue weighted by atomic mass is 16.4. The summed E-state index contributed by atoms with van der Waals surface area (Å²) in [6.45, 7) is 0.0346. The molecule has 0 atom stereocenters. The zero-order chi connectivity index (χ0) is 13.8. The number of hydrogen-bond donors (Lipinski definition) is 2. The minimum atomic E-state index is -0.841. The maximum Gasteiger partial charge on any atom is 0.303 e. The molecule has 6 nitrogen and oxygen atoms in total. The summed E-state index contributed by atoms with van der Waals surface area (Å²) in [5.74, 6) is -1.18. The maximum atomic E-state index is 11.7. The van der Waals surface area contributed by atoms with Crippen LogP contribution in [0.15, 0.2) is 24.3 Å². The second-order valence-electron chi connectivity index (χ2n) is 4.32. The molecule has 1 aliphatic rings. The van der Waals surface area contributed by atoms with Gasteiger partial charge in [0.2, 0.25) is 11.8 Å². The second-order valence-corrected chi connectivity index (χ2v) is 4.32. The Morgan fingerprint density at radius 1 is 1.26 bits per heavy atom. The first-order valence-corrected chi connectivity index (χ1v) is 5.94. The topological polar surface area (TPSA) is 86.7 Å². The fourth-order valence-corrected chi connectivity index (χ4v) is 1.89. The van der Waals surface area contributed by atoms with Gasteiger partial charge in [-0.25, -0.2) is 0 Å². The predicted molar refractivity (Wildman–Crippen MR) is 67.8 cm³/mol. The van der Waals surface area contributed by atoms with E-state index in [0.29, 0.717) is 12.1 Å². The van der Waals surface area contributed by atoms with Crippen LogP contribution in [0.25, 0.3) is 0 Å². The average molecular weight is 262 g/mol. The third-order valence-corrected chi connectivity index (χ3v) is 2.92. The zero-order valence-electron chi connectivity index (χ0n) is 10.3. The average Bonchev–Trinajstić information content (AvgIpc) is 2.40. The summed E-state index contributed by atoms with van der Waals surface area (Å²) in [7, 11) is 0. The van der Waals surface area contributed by atoms with Gasteiger partial charge < -0.3 is 15.3 Å². The van der Waals surface area contributed by atoms with Gasteiger partial charge in [-0.05, 0) is 24.1 Å². The molecule has 100 valence electrons. The number of rotatable bonds is 4. The second kappa shape index (κ2) is 5.51. The number of carboxylic acid groups (broad SMARTS) is 1. The van der Waals surface area contributed by atoms with Crippen molar-refractivity contribution in [1.82, 2.24) is 5.32 Å². The molecule has 0 unspecified atom stereocenters. The molecule has 6 heteroatoms. The van der Waals surface area contributed by atoms with Crippen molar-refractivity contribution in [2.24, 2.45) is 0 Å². The Balaban J connectivity index is 2.06. The first-order valence-electron chi connectivity index (χ1n) is 5.94. The molecule has 1 aromatic carbocycles. The first-order chi connectivity index (χ1) is 9.06. The van der Waals surface area contributed by atoms with Crippen LogP contribution >= 0.6 is 0 Å². The van der Waals surface area contributed by atoms with Crippen molar-refractivity contribution in [2.45, 2.75) is 12.8 Å². The highest BCUT2D eigenvalue weighted by molar-refractivity contribution is 6.04. The van der Waals surface area contributed by atoms with Gasteiger partial charge in [-0.3, -0.25) is 14.4 Å². The molecule has 0 aliphatic carbocycles. The Kier molecular flexibility index (Phi) is 3.79. The number of aryl methyl sites for hydroxylation is 1. The minimum Gasteiger partial charge on any atom is -0.481 e. The number of benzene rings is 1. The number of carbonyl (C=O) groups is 3. The molecule has 19 heavy (non-hydrogen) atoms. The van der Waals surface area contributed by atoms with Crippen molar-refractivity contribution in [3.05, 3.63) is 29.8 Å². The predicted octanol–water partition coefficient (Wildman–Crippen LogP) is 0.167. The molecule has 0 aromatic heterocycles. The summed E-state index contributed by atoms with van der Waals surface area (Å²) in [6.07, 6.45) is 0.522. The van der Waals surface area contributed by atoms with Crippen molar-refractivity contribution in [3.63, 3.8) is 0 Å². The number of carbonyl (C=O) groups excluding carboxylic acids is 2. The molecule has 0 saturated carbocycles. The van der Waals surface area contributed by atoms with Gasteiger partial charge in [-0.15, -0.1) is 0 Å². The lowest BCUT2D eigenvalue weighted by Crippen LogP contribution is -2.51. The van der Waals surface area contributed by atoms with Crippen LogP contribution in [0.4, 0.5) is 5.69 Å². The molecule has 1 fully saturated rings. The van der Waals surface area contributed by atoms with Crippen molar-refractivity contribution in [1.29, 1.82) is 0 Å². The molecule has 1 aliphatic heterocycles. The lowest BCUT2D eigenvalue weighted by atomic mass is 10.1. The lowest BCUT2D eigenvalue weighted by Gasteiger charge is -2.26. The number of amides is 2. The number of hydrogen-bond acceptors (Lipinski definition) is 3. The molecule has 2 rings (SSSR count). The van der Waals surface area contributed by atoms with Crippen LogP contribution in [-0.2, 0) is 20.8 Å². The summed E-state index contributed by atoms with van der Waals surface area (Å²) in [4.78, 5) is 34.8. The Morgan fingerprint density at radius 3 is 2.58 bits per heavy atom. The molecule has 0 spiro atoms. The van der Waals surface area contributed by atoms with E-state index in [4.69, 9.17) is 5.11 Å². The molecule has 2 N–H and O–H groups in total. The van der Waals surface area contributed by atoms with E-state index < -0.39 is 5.97 Å².